The predicted octanol–water partition coefficient (Wildman–Crippen LogP) is 3.21. The van der Waals surface area contributed by atoms with E-state index in [-0.39, 0.29) is 65.2 Å². The standard InChI is InChI=1S/C24H25F4N7O4/c1-9-15(10-3-4-11(25)19-18(10)37-8-38-19)20(39-23(9,2)24(26,27)28)22-32-12-7-13(33-14(36)5-6-29)34-17(21(30)31)16(12)35-22/h3-4,7,9,15,20H,5-6,8,29H2,1-2H3,(H3,30,31)(H,32,35)(H,33,34,36)/t9-,15-,20+,23+/m0/s1. The van der Waals surface area contributed by atoms with E-state index in [4.69, 9.17) is 31.1 Å². The minimum atomic E-state index is -4.77. The second-order valence-electron chi connectivity index (χ2n) is 9.53. The van der Waals surface area contributed by atoms with Crippen molar-refractivity contribution in [3.8, 4) is 11.5 Å². The summed E-state index contributed by atoms with van der Waals surface area (Å²) in [5.74, 6) is -3.97. The van der Waals surface area contributed by atoms with Gasteiger partial charge in [-0.15, -0.1) is 0 Å². The van der Waals surface area contributed by atoms with Gasteiger partial charge >= 0.3 is 6.18 Å². The van der Waals surface area contributed by atoms with E-state index in [0.717, 1.165) is 13.0 Å². The molecule has 2 aliphatic heterocycles. The third kappa shape index (κ3) is 4.30. The van der Waals surface area contributed by atoms with Crippen molar-refractivity contribution in [2.24, 2.45) is 17.4 Å². The summed E-state index contributed by atoms with van der Waals surface area (Å²) < 4.78 is 73.8. The topological polar surface area (TPSA) is 174 Å². The van der Waals surface area contributed by atoms with E-state index in [0.29, 0.717) is 0 Å². The number of amidine groups is 1. The Morgan fingerprint density at radius 2 is 2.00 bits per heavy atom. The molecule has 1 fully saturated rings. The highest BCUT2D eigenvalue weighted by Crippen LogP contribution is 2.60. The van der Waals surface area contributed by atoms with Crippen molar-refractivity contribution < 1.29 is 36.6 Å². The molecule has 1 saturated heterocycles. The highest BCUT2D eigenvalue weighted by Gasteiger charge is 2.65. The summed E-state index contributed by atoms with van der Waals surface area (Å²) in [6, 6.07) is 3.86. The first-order valence-electron chi connectivity index (χ1n) is 11.9. The average Bonchev–Trinajstić information content (AvgIpc) is 3.56. The summed E-state index contributed by atoms with van der Waals surface area (Å²) in [5.41, 5.74) is 9.00. The van der Waals surface area contributed by atoms with Crippen molar-refractivity contribution in [2.75, 3.05) is 18.7 Å². The number of hydrogen-bond acceptors (Lipinski definition) is 8. The monoisotopic (exact) mass is 551 g/mol. The summed E-state index contributed by atoms with van der Waals surface area (Å²) in [7, 11) is 0. The summed E-state index contributed by atoms with van der Waals surface area (Å²) in [4.78, 5) is 23.6. The number of nitrogens with one attached hydrogen (secondary N) is 3. The Labute approximate surface area is 218 Å². The van der Waals surface area contributed by atoms with E-state index in [9.17, 15) is 22.4 Å². The van der Waals surface area contributed by atoms with Gasteiger partial charge in [0.05, 0.1) is 5.52 Å². The zero-order chi connectivity index (χ0) is 28.3. The molecule has 208 valence electrons. The number of H-pyrrole nitrogens is 1. The number of fused-ring (bicyclic) bond motifs is 2. The largest absolute Gasteiger partial charge is 0.453 e. The van der Waals surface area contributed by atoms with Gasteiger partial charge in [0, 0.05) is 36.4 Å². The second-order valence-corrected chi connectivity index (χ2v) is 9.53. The van der Waals surface area contributed by atoms with Crippen LogP contribution in [0.4, 0.5) is 23.4 Å². The Hall–Kier alpha value is -3.98. The lowest BCUT2D eigenvalue weighted by molar-refractivity contribution is -0.275. The van der Waals surface area contributed by atoms with Crippen LogP contribution in [0.15, 0.2) is 18.2 Å². The molecule has 4 atom stereocenters. The molecule has 7 N–H and O–H groups in total. The number of ether oxygens (including phenoxy) is 3. The van der Waals surface area contributed by atoms with Gasteiger partial charge in [-0.1, -0.05) is 13.0 Å². The lowest BCUT2D eigenvalue weighted by Gasteiger charge is -2.31. The first-order valence-corrected chi connectivity index (χ1v) is 11.9. The molecule has 15 heteroatoms. The van der Waals surface area contributed by atoms with Crippen LogP contribution in [-0.2, 0) is 9.53 Å². The maximum Gasteiger partial charge on any atom is 0.417 e. The number of aromatic nitrogens is 3. The number of nitrogens with two attached hydrogens (primary N) is 2. The molecule has 2 aliphatic rings. The average molecular weight is 552 g/mol. The first kappa shape index (κ1) is 26.6. The third-order valence-corrected chi connectivity index (χ3v) is 7.18. The number of rotatable bonds is 6. The Balaban J connectivity index is 1.66. The number of pyridine rings is 1. The van der Waals surface area contributed by atoms with Gasteiger partial charge in [0.2, 0.25) is 18.4 Å². The van der Waals surface area contributed by atoms with Crippen LogP contribution in [0.5, 0.6) is 11.5 Å². The van der Waals surface area contributed by atoms with Crippen molar-refractivity contribution in [3.63, 3.8) is 0 Å². The molecule has 5 rings (SSSR count). The molecule has 2 aromatic heterocycles. The number of halogens is 4. The van der Waals surface area contributed by atoms with Gasteiger partial charge in [0.15, 0.2) is 17.2 Å². The van der Waals surface area contributed by atoms with E-state index >= 15 is 0 Å². The molecule has 0 spiro atoms. The number of amides is 1. The maximum absolute atomic E-state index is 14.3. The number of aromatic amines is 1. The van der Waals surface area contributed by atoms with Crippen LogP contribution in [-0.4, -0.2) is 51.8 Å². The molecule has 0 saturated carbocycles. The van der Waals surface area contributed by atoms with E-state index in [1.54, 1.807) is 0 Å². The van der Waals surface area contributed by atoms with Crippen molar-refractivity contribution in [1.29, 1.82) is 5.41 Å². The number of carbonyl (C=O) groups excluding carboxylic acids is 1. The fraction of sp³-hybridized carbons (Fsp3) is 0.417. The molecule has 39 heavy (non-hydrogen) atoms. The van der Waals surface area contributed by atoms with Crippen LogP contribution in [0.2, 0.25) is 0 Å². The number of alkyl halides is 3. The minimum absolute atomic E-state index is 0.000945. The van der Waals surface area contributed by atoms with Gasteiger partial charge in [0.25, 0.3) is 0 Å². The van der Waals surface area contributed by atoms with Crippen molar-refractivity contribution in [3.05, 3.63) is 41.1 Å². The lowest BCUT2D eigenvalue weighted by Crippen LogP contribution is -2.46. The molecule has 0 bridgehead atoms. The molecule has 1 aromatic carbocycles. The van der Waals surface area contributed by atoms with Crippen LogP contribution in [0.3, 0.4) is 0 Å². The maximum atomic E-state index is 14.3. The molecule has 1 amide bonds. The van der Waals surface area contributed by atoms with Gasteiger partial charge in [-0.25, -0.2) is 14.4 Å². The Bertz CT molecular complexity index is 1480. The Morgan fingerprint density at radius 1 is 1.28 bits per heavy atom. The molecule has 0 radical (unpaired) electrons. The molecular weight excluding hydrogens is 526 g/mol. The van der Waals surface area contributed by atoms with Gasteiger partial charge in [-0.05, 0) is 13.0 Å². The number of nitrogen functional groups attached to an aromatic ring is 1. The lowest BCUT2D eigenvalue weighted by atomic mass is 9.77. The van der Waals surface area contributed by atoms with E-state index < -0.39 is 47.3 Å². The number of carbonyl (C=O) groups is 1. The highest BCUT2D eigenvalue weighted by molar-refractivity contribution is 6.05. The quantitative estimate of drug-likeness (QED) is 0.176. The van der Waals surface area contributed by atoms with E-state index in [1.165, 1.54) is 19.1 Å². The summed E-state index contributed by atoms with van der Waals surface area (Å²) >= 11 is 0. The number of anilines is 1. The fourth-order valence-corrected chi connectivity index (χ4v) is 5.04. The molecular formula is C24H25F4N7O4. The predicted molar refractivity (Wildman–Crippen MR) is 130 cm³/mol. The Kier molecular flexibility index (Phi) is 6.37. The van der Waals surface area contributed by atoms with Crippen LogP contribution in [0, 0.1) is 17.1 Å². The zero-order valence-electron chi connectivity index (χ0n) is 20.8. The third-order valence-electron chi connectivity index (χ3n) is 7.18. The summed E-state index contributed by atoms with van der Waals surface area (Å²) in [6.45, 7) is 2.14. The van der Waals surface area contributed by atoms with Crippen LogP contribution >= 0.6 is 0 Å². The number of nitrogens with zero attached hydrogens (tertiary/aromatic N) is 2. The van der Waals surface area contributed by atoms with Gasteiger partial charge in [-0.2, -0.15) is 13.2 Å². The van der Waals surface area contributed by atoms with Crippen LogP contribution in [0.25, 0.3) is 11.0 Å². The van der Waals surface area contributed by atoms with Crippen molar-refractivity contribution in [2.45, 2.75) is 44.1 Å². The molecule has 11 nitrogen and oxygen atoms in total. The first-order chi connectivity index (χ1) is 18.4. The molecule has 0 aliphatic carbocycles. The number of imidazole rings is 1. The van der Waals surface area contributed by atoms with Gasteiger partial charge in [0.1, 0.15) is 34.8 Å². The molecule has 3 aromatic rings. The smallest absolute Gasteiger partial charge is 0.417 e. The highest BCUT2D eigenvalue weighted by atomic mass is 19.4. The van der Waals surface area contributed by atoms with Crippen molar-refractivity contribution in [1.82, 2.24) is 15.0 Å². The number of hydrogen-bond donors (Lipinski definition) is 5. The minimum Gasteiger partial charge on any atom is -0.453 e. The Morgan fingerprint density at radius 3 is 2.67 bits per heavy atom. The normalized spacial score (nSPS) is 24.3. The zero-order valence-corrected chi connectivity index (χ0v) is 20.8. The molecule has 0 unspecified atom stereocenters. The summed E-state index contributed by atoms with van der Waals surface area (Å²) in [6.07, 6.45) is -6.06. The molecule has 4 heterocycles. The fourth-order valence-electron chi connectivity index (χ4n) is 5.04. The SMILES string of the molecule is C[C@H]1[C@@H](c2ccc(F)c3c2OCO3)[C@H](c2nc3c(C(=N)N)nc(NC(=O)CCN)cc3[nH]2)O[C@@]1(C)C(F)(F)F. The van der Waals surface area contributed by atoms with E-state index in [2.05, 4.69) is 20.3 Å². The second kappa shape index (κ2) is 9.34. The van der Waals surface area contributed by atoms with Crippen molar-refractivity contribution >= 4 is 28.6 Å². The van der Waals surface area contributed by atoms with Gasteiger partial charge < -0.3 is 36.0 Å². The van der Waals surface area contributed by atoms with E-state index in [1.807, 2.05) is 0 Å². The van der Waals surface area contributed by atoms with Crippen LogP contribution < -0.4 is 26.3 Å². The number of benzene rings is 1. The van der Waals surface area contributed by atoms with Gasteiger partial charge in [-0.3, -0.25) is 10.2 Å². The summed E-state index contributed by atoms with van der Waals surface area (Å²) in [5, 5.41) is 10.5. The van der Waals surface area contributed by atoms with Crippen LogP contribution in [0.1, 0.15) is 49.4 Å².